The third-order valence-corrected chi connectivity index (χ3v) is 6.36. The first-order valence-corrected chi connectivity index (χ1v) is 10.1. The number of methoxy groups -OCH3 is 2. The number of esters is 2. The van der Waals surface area contributed by atoms with Gasteiger partial charge in [0.05, 0.1) is 30.2 Å². The van der Waals surface area contributed by atoms with Crippen molar-refractivity contribution in [2.45, 2.75) is 10.9 Å². The highest BCUT2D eigenvalue weighted by atomic mass is 32.2. The fourth-order valence-corrected chi connectivity index (χ4v) is 4.58. The summed E-state index contributed by atoms with van der Waals surface area (Å²) in [5.41, 5.74) is -0.0697. The predicted molar refractivity (Wildman–Crippen MR) is 96.1 cm³/mol. The third kappa shape index (κ3) is 4.29. The van der Waals surface area contributed by atoms with Gasteiger partial charge < -0.3 is 9.47 Å². The lowest BCUT2D eigenvalue weighted by atomic mass is 10.1. The van der Waals surface area contributed by atoms with Crippen LogP contribution >= 0.6 is 0 Å². The zero-order chi connectivity index (χ0) is 19.6. The summed E-state index contributed by atoms with van der Waals surface area (Å²) in [5.74, 6) is -1.47. The number of nitrogens with one attached hydrogen (secondary N) is 1. The van der Waals surface area contributed by atoms with Gasteiger partial charge in [-0.25, -0.2) is 22.7 Å². The lowest BCUT2D eigenvalue weighted by Gasteiger charge is -2.47. The Balaban J connectivity index is 1.82. The van der Waals surface area contributed by atoms with Crippen molar-refractivity contribution in [2.24, 2.45) is 0 Å². The minimum Gasteiger partial charge on any atom is -0.465 e. The van der Waals surface area contributed by atoms with Crippen LogP contribution in [-0.4, -0.2) is 89.7 Å². The Bertz CT molecular complexity index is 799. The zero-order valence-corrected chi connectivity index (χ0v) is 16.1. The number of rotatable bonds is 6. The minimum atomic E-state index is -3.92. The van der Waals surface area contributed by atoms with E-state index < -0.39 is 22.0 Å². The molecule has 148 valence electrons. The molecule has 3 aliphatic heterocycles. The summed E-state index contributed by atoms with van der Waals surface area (Å²) in [6.45, 7) is 4.94. The first-order chi connectivity index (χ1) is 12.8. The zero-order valence-electron chi connectivity index (χ0n) is 15.3. The van der Waals surface area contributed by atoms with Gasteiger partial charge in [-0.3, -0.25) is 9.80 Å². The van der Waals surface area contributed by atoms with E-state index in [1.165, 1.54) is 32.4 Å². The number of sulfonamides is 1. The molecule has 27 heavy (non-hydrogen) atoms. The molecule has 3 saturated heterocycles. The van der Waals surface area contributed by atoms with Crippen molar-refractivity contribution in [3.8, 4) is 0 Å². The molecule has 10 heteroatoms. The Morgan fingerprint density at radius 2 is 1.59 bits per heavy atom. The smallest absolute Gasteiger partial charge is 0.337 e. The Morgan fingerprint density at radius 1 is 1.04 bits per heavy atom. The Hall–Kier alpha value is -2.01. The second-order valence-corrected chi connectivity index (χ2v) is 8.34. The van der Waals surface area contributed by atoms with Crippen molar-refractivity contribution < 1.29 is 27.5 Å². The van der Waals surface area contributed by atoms with Crippen molar-refractivity contribution in [3.05, 3.63) is 29.3 Å². The lowest BCUT2D eigenvalue weighted by Crippen LogP contribution is -2.63. The van der Waals surface area contributed by atoms with Crippen LogP contribution in [0.4, 0.5) is 0 Å². The summed E-state index contributed by atoms with van der Waals surface area (Å²) in [6.07, 6.45) is 0. The van der Waals surface area contributed by atoms with Crippen molar-refractivity contribution in [2.75, 3.05) is 53.5 Å². The molecule has 0 aliphatic carbocycles. The van der Waals surface area contributed by atoms with Crippen LogP contribution in [0.3, 0.4) is 0 Å². The molecule has 0 saturated carbocycles. The summed E-state index contributed by atoms with van der Waals surface area (Å²) in [5, 5.41) is 0. The van der Waals surface area contributed by atoms with Crippen molar-refractivity contribution in [3.63, 3.8) is 0 Å². The first-order valence-electron chi connectivity index (χ1n) is 8.62. The molecule has 0 radical (unpaired) electrons. The van der Waals surface area contributed by atoms with Gasteiger partial charge in [0, 0.05) is 45.3 Å². The number of fused-ring (bicyclic) bond motifs is 3. The first kappa shape index (κ1) is 19.7. The van der Waals surface area contributed by atoms with E-state index in [0.29, 0.717) is 0 Å². The van der Waals surface area contributed by atoms with Gasteiger partial charge in [-0.2, -0.15) is 0 Å². The molecule has 0 spiro atoms. The van der Waals surface area contributed by atoms with Crippen molar-refractivity contribution in [1.82, 2.24) is 14.5 Å². The second-order valence-electron chi connectivity index (χ2n) is 6.57. The minimum absolute atomic E-state index is 0.0349. The van der Waals surface area contributed by atoms with Crippen molar-refractivity contribution in [1.29, 1.82) is 0 Å². The van der Waals surface area contributed by atoms with Crippen LogP contribution < -0.4 is 4.72 Å². The quantitative estimate of drug-likeness (QED) is 0.643. The van der Waals surface area contributed by atoms with Crippen molar-refractivity contribution >= 4 is 22.0 Å². The van der Waals surface area contributed by atoms with Crippen LogP contribution in [0.15, 0.2) is 23.1 Å². The number of benzene rings is 1. The number of hydrogen-bond acceptors (Lipinski definition) is 8. The molecule has 1 aromatic carbocycles. The Kier molecular flexibility index (Phi) is 5.80. The summed E-state index contributed by atoms with van der Waals surface area (Å²) in [7, 11) is -1.55. The van der Waals surface area contributed by atoms with E-state index in [2.05, 4.69) is 24.0 Å². The summed E-state index contributed by atoms with van der Waals surface area (Å²) >= 11 is 0. The molecule has 3 heterocycles. The van der Waals surface area contributed by atoms with Gasteiger partial charge in [0.1, 0.15) is 0 Å². The second kappa shape index (κ2) is 7.93. The number of carbonyl (C=O) groups excluding carboxylic acids is 2. The number of ether oxygens (including phenoxy) is 2. The third-order valence-electron chi connectivity index (χ3n) is 4.96. The average Bonchev–Trinajstić information content (AvgIpc) is 2.71. The van der Waals surface area contributed by atoms with E-state index in [4.69, 9.17) is 0 Å². The molecule has 3 aliphatic rings. The van der Waals surface area contributed by atoms with E-state index in [-0.39, 0.29) is 28.6 Å². The van der Waals surface area contributed by atoms with Crippen LogP contribution in [0, 0.1) is 0 Å². The standard InChI is InChI=1S/C17H23N3O6S/c1-25-16(21)12-7-13(17(22)26-2)9-15(8-12)27(23,24)18-10-14-11-19-3-5-20(14)6-4-19/h7-9,14,18H,3-6,10-11H2,1-2H3. The van der Waals surface area contributed by atoms with Gasteiger partial charge in [-0.1, -0.05) is 0 Å². The maximum Gasteiger partial charge on any atom is 0.337 e. The number of nitrogens with zero attached hydrogens (tertiary/aromatic N) is 2. The van der Waals surface area contributed by atoms with Gasteiger partial charge in [0.25, 0.3) is 0 Å². The fraction of sp³-hybridized carbons (Fsp3) is 0.529. The van der Waals surface area contributed by atoms with Gasteiger partial charge in [0.15, 0.2) is 0 Å². The maximum atomic E-state index is 12.8. The molecule has 3 fully saturated rings. The fourth-order valence-electron chi connectivity index (χ4n) is 3.43. The van der Waals surface area contributed by atoms with Gasteiger partial charge in [-0.15, -0.1) is 0 Å². The molecule has 0 aromatic heterocycles. The maximum absolute atomic E-state index is 12.8. The SMILES string of the molecule is COC(=O)c1cc(C(=O)OC)cc(S(=O)(=O)NCC2CN3CCN2CC3)c1. The molecule has 1 N–H and O–H groups in total. The number of piperazine rings is 3. The van der Waals surface area contributed by atoms with Crippen LogP contribution in [0.2, 0.25) is 0 Å². The largest absolute Gasteiger partial charge is 0.465 e. The number of carbonyl (C=O) groups is 2. The lowest BCUT2D eigenvalue weighted by molar-refractivity contribution is 0.0158. The monoisotopic (exact) mass is 397 g/mol. The highest BCUT2D eigenvalue weighted by Gasteiger charge is 2.32. The Morgan fingerprint density at radius 3 is 2.04 bits per heavy atom. The van der Waals surface area contributed by atoms with Crippen LogP contribution in [-0.2, 0) is 19.5 Å². The van der Waals surface area contributed by atoms with Crippen LogP contribution in [0.25, 0.3) is 0 Å². The number of hydrogen-bond donors (Lipinski definition) is 1. The van der Waals surface area contributed by atoms with Gasteiger partial charge >= 0.3 is 11.9 Å². The van der Waals surface area contributed by atoms with Crippen LogP contribution in [0.1, 0.15) is 20.7 Å². The molecule has 1 aromatic rings. The summed E-state index contributed by atoms with van der Waals surface area (Å²) in [6, 6.07) is 3.73. The van der Waals surface area contributed by atoms with E-state index in [0.717, 1.165) is 32.7 Å². The summed E-state index contributed by atoms with van der Waals surface area (Å²) in [4.78, 5) is 28.1. The molecule has 2 bridgehead atoms. The average molecular weight is 397 g/mol. The Labute approximate surface area is 158 Å². The molecule has 9 nitrogen and oxygen atoms in total. The normalized spacial score (nSPS) is 24.4. The van der Waals surface area contributed by atoms with E-state index in [1.54, 1.807) is 0 Å². The molecule has 1 atom stereocenters. The topological polar surface area (TPSA) is 105 Å². The van der Waals surface area contributed by atoms with Crippen LogP contribution in [0.5, 0.6) is 0 Å². The molecule has 0 amide bonds. The molecule has 1 unspecified atom stereocenters. The van der Waals surface area contributed by atoms with E-state index >= 15 is 0 Å². The van der Waals surface area contributed by atoms with E-state index in [9.17, 15) is 18.0 Å². The van der Waals surface area contributed by atoms with E-state index in [1.807, 2.05) is 0 Å². The summed E-state index contributed by atoms with van der Waals surface area (Å²) < 4.78 is 37.4. The van der Waals surface area contributed by atoms with Gasteiger partial charge in [0.2, 0.25) is 10.0 Å². The molecular weight excluding hydrogens is 374 g/mol. The predicted octanol–water partition coefficient (Wildman–Crippen LogP) is -0.462. The highest BCUT2D eigenvalue weighted by molar-refractivity contribution is 7.89. The molecule has 4 rings (SSSR count). The highest BCUT2D eigenvalue weighted by Crippen LogP contribution is 2.19. The molecular formula is C17H23N3O6S. The van der Waals surface area contributed by atoms with Gasteiger partial charge in [-0.05, 0) is 18.2 Å².